The van der Waals surface area contributed by atoms with Gasteiger partial charge in [-0.05, 0) is 89.1 Å². The summed E-state index contributed by atoms with van der Waals surface area (Å²) in [6.07, 6.45) is -4.88. The molecule has 27 heteroatoms. The molecule has 0 unspecified atom stereocenters. The number of methoxy groups -OCH3 is 4. The number of anilines is 2. The summed E-state index contributed by atoms with van der Waals surface area (Å²) >= 11 is 0. The number of hydrogen-bond acceptors (Lipinski definition) is 23. The third-order valence-corrected chi connectivity index (χ3v) is 14.9. The maximum absolute atomic E-state index is 14.4. The van der Waals surface area contributed by atoms with Crippen LogP contribution in [0.3, 0.4) is 0 Å². The minimum absolute atomic E-state index is 0.0184. The smallest absolute Gasteiger partial charge is 0.412 e. The van der Waals surface area contributed by atoms with E-state index in [1.165, 1.54) is 73.6 Å². The summed E-state index contributed by atoms with van der Waals surface area (Å²) < 4.78 is 73.8. The number of unbranched alkanes of at least 4 members (excludes halogenated alkanes) is 2. The highest BCUT2D eigenvalue weighted by Crippen LogP contribution is 2.40. The number of nitrogens with zero attached hydrogens (tertiary/aromatic N) is 2. The number of carbonyl (C=O) groups excluding carboxylic acids is 8. The average molecular weight is 1290 g/mol. The van der Waals surface area contributed by atoms with Crippen LogP contribution in [0.15, 0.2) is 66.8 Å². The monoisotopic (exact) mass is 1290 g/mol. The van der Waals surface area contributed by atoms with Gasteiger partial charge in [0.1, 0.15) is 18.0 Å². The molecule has 92 heavy (non-hydrogen) atoms. The second-order valence-electron chi connectivity index (χ2n) is 23.2. The van der Waals surface area contributed by atoms with Gasteiger partial charge in [-0.15, -0.1) is 0 Å². The lowest BCUT2D eigenvalue weighted by Crippen LogP contribution is -2.60. The molecule has 0 saturated carbocycles. The maximum Gasteiger partial charge on any atom is 0.412 e. The van der Waals surface area contributed by atoms with E-state index in [1.54, 1.807) is 27.7 Å². The van der Waals surface area contributed by atoms with Crippen LogP contribution in [0.4, 0.5) is 21.0 Å². The third kappa shape index (κ3) is 20.0. The summed E-state index contributed by atoms with van der Waals surface area (Å²) in [5, 5.41) is 25.6. The molecule has 0 radical (unpaired) electrons. The predicted octanol–water partition coefficient (Wildman–Crippen LogP) is 7.36. The van der Waals surface area contributed by atoms with Crippen LogP contribution in [0.1, 0.15) is 123 Å². The molecule has 6 rings (SSSR count). The summed E-state index contributed by atoms with van der Waals surface area (Å²) in [7, 11) is 5.43. The number of benzene rings is 3. The highest BCUT2D eigenvalue weighted by Gasteiger charge is 2.52. The van der Waals surface area contributed by atoms with E-state index in [0.717, 1.165) is 26.5 Å². The molecule has 3 aliphatic rings. The zero-order valence-electron chi connectivity index (χ0n) is 53.9. The molecule has 7 atom stereocenters. The van der Waals surface area contributed by atoms with Crippen molar-refractivity contribution in [3.8, 4) is 28.7 Å². The summed E-state index contributed by atoms with van der Waals surface area (Å²) in [6.45, 7) is 17.5. The van der Waals surface area contributed by atoms with Gasteiger partial charge in [0.15, 0.2) is 47.1 Å². The van der Waals surface area contributed by atoms with Gasteiger partial charge in [-0.2, -0.15) is 0 Å². The molecule has 3 aliphatic heterocycles. The lowest BCUT2D eigenvalue weighted by molar-refractivity contribution is -0.261. The van der Waals surface area contributed by atoms with Crippen LogP contribution < -0.4 is 34.3 Å². The number of likely N-dealkylation sites (tertiary alicyclic amines) is 2. The summed E-state index contributed by atoms with van der Waals surface area (Å²) in [5.41, 5.74) is 1.13. The standard InChI is InChI=1S/C65H86N4O23/c1-37-25-43(34-70)68(32-37)59(75)45-28-52(81-10)54(85-21-14-13-15-22-86-55-31-49(67-64(79)92-65(6,7)8)46(29-53(55)82-11)60(76)69-33-38(2)26-44(69)35-71)30-48(45)66-63(78)87-36-42-18-19-51(47(27-42)50(74)17-16-20-84-24-23-80-9)90-62-39(3)56(88-40(4)72)57(89-41(5)73)58(91-62)61(77)83-12/h18-19,27-31,39,43-44,56-58,62,70-71H,1-2,13-17,20-26,32-36H2,3-12H3,(H,66,78)(H,67,79)/t39-,43+,44+,56-,57+,58+,62-/m1/s1. The number of ketones is 1. The van der Waals surface area contributed by atoms with E-state index in [-0.39, 0.29) is 109 Å². The summed E-state index contributed by atoms with van der Waals surface area (Å²) in [5.74, 6) is -4.08. The van der Waals surface area contributed by atoms with E-state index in [9.17, 15) is 48.6 Å². The van der Waals surface area contributed by atoms with Gasteiger partial charge in [-0.3, -0.25) is 34.6 Å². The van der Waals surface area contributed by atoms with Crippen molar-refractivity contribution in [1.29, 1.82) is 0 Å². The lowest BCUT2D eigenvalue weighted by atomic mass is 9.91. The van der Waals surface area contributed by atoms with Crippen molar-refractivity contribution in [2.75, 3.05) is 98.4 Å². The topological polar surface area (TPSA) is 328 Å². The number of Topliss-reactive ketones (excluding diaryl/α,β-unsaturated/α-hetero) is 1. The SMILES string of the molecule is C=C1C[C@@H](CO)N(C(=O)c2cc(OC)c(OCCCCCOc3cc(NC(=O)OC(C)(C)C)c(C(=O)N4CC(=C)C[C@H]4CO)cc3OC)cc2NC(=O)OCc2ccc(O[C@@H]3O[C@H](C(=O)OC)[C@@H](OC(C)=O)[C@H](OC(C)=O)[C@H]3C)c(C(=O)CCCOCCOC)c2)C1. The average Bonchev–Trinajstić information content (AvgIpc) is 1.57. The van der Waals surface area contributed by atoms with Crippen LogP contribution in [0.2, 0.25) is 0 Å². The molecule has 3 saturated heterocycles. The first kappa shape index (κ1) is 72.6. The van der Waals surface area contributed by atoms with Crippen LogP contribution in [-0.2, 0) is 58.9 Å². The first-order chi connectivity index (χ1) is 43.8. The Kier molecular flexibility index (Phi) is 27.0. The molecule has 27 nitrogen and oxygen atoms in total. The van der Waals surface area contributed by atoms with Crippen molar-refractivity contribution in [3.63, 3.8) is 0 Å². The van der Waals surface area contributed by atoms with Crippen LogP contribution in [0.25, 0.3) is 0 Å². The van der Waals surface area contributed by atoms with Gasteiger partial charge in [0, 0.05) is 59.2 Å². The van der Waals surface area contributed by atoms with E-state index in [0.29, 0.717) is 62.9 Å². The second-order valence-corrected chi connectivity index (χ2v) is 23.2. The Morgan fingerprint density at radius 1 is 0.641 bits per heavy atom. The van der Waals surface area contributed by atoms with Gasteiger partial charge < -0.3 is 81.6 Å². The van der Waals surface area contributed by atoms with E-state index in [1.807, 2.05) is 0 Å². The zero-order valence-corrected chi connectivity index (χ0v) is 53.9. The Labute approximate surface area is 534 Å². The maximum atomic E-state index is 14.4. The first-order valence-corrected chi connectivity index (χ1v) is 30.1. The van der Waals surface area contributed by atoms with Crippen LogP contribution in [0.5, 0.6) is 28.7 Å². The molecular formula is C65H86N4O23. The van der Waals surface area contributed by atoms with Gasteiger partial charge in [-0.25, -0.2) is 14.4 Å². The fourth-order valence-corrected chi connectivity index (χ4v) is 10.5. The minimum Gasteiger partial charge on any atom is -0.493 e. The summed E-state index contributed by atoms with van der Waals surface area (Å²) in [6, 6.07) is 9.10. The number of hydrogen-bond donors (Lipinski definition) is 4. The second kappa shape index (κ2) is 34.2. The van der Waals surface area contributed by atoms with Gasteiger partial charge in [-0.1, -0.05) is 37.3 Å². The van der Waals surface area contributed by atoms with Crippen LogP contribution in [-0.4, -0.2) is 198 Å². The highest BCUT2D eigenvalue weighted by atomic mass is 16.7. The van der Waals surface area contributed by atoms with E-state index in [2.05, 4.69) is 23.8 Å². The number of carbonyl (C=O) groups is 8. The molecule has 504 valence electrons. The van der Waals surface area contributed by atoms with Gasteiger partial charge >= 0.3 is 30.1 Å². The predicted molar refractivity (Wildman–Crippen MR) is 330 cm³/mol. The first-order valence-electron chi connectivity index (χ1n) is 30.1. The molecule has 0 spiro atoms. The van der Waals surface area contributed by atoms with Gasteiger partial charge in [0.2, 0.25) is 6.29 Å². The highest BCUT2D eigenvalue weighted by molar-refractivity contribution is 6.05. The molecule has 4 N–H and O–H groups in total. The molecule has 3 heterocycles. The van der Waals surface area contributed by atoms with E-state index in [4.69, 9.17) is 61.6 Å². The molecule has 3 aromatic carbocycles. The molecule has 3 fully saturated rings. The summed E-state index contributed by atoms with van der Waals surface area (Å²) in [4.78, 5) is 110. The molecule has 0 aromatic heterocycles. The molecule has 0 bridgehead atoms. The Balaban J connectivity index is 1.18. The Hall–Kier alpha value is -8.50. The number of aliphatic hydroxyl groups excluding tert-OH is 2. The molecule has 3 aromatic rings. The number of amides is 4. The normalized spacial score (nSPS) is 19.5. The van der Waals surface area contributed by atoms with Crippen LogP contribution in [0, 0.1) is 5.92 Å². The number of nitrogens with one attached hydrogen (secondary N) is 2. The lowest BCUT2D eigenvalue weighted by Gasteiger charge is -2.42. The fraction of sp³-hybridized carbons (Fsp3) is 0.538. The molecule has 4 amide bonds. The number of rotatable bonds is 31. The third-order valence-electron chi connectivity index (χ3n) is 14.9. The molecular weight excluding hydrogens is 1200 g/mol. The Morgan fingerprint density at radius 2 is 1.18 bits per heavy atom. The van der Waals surface area contributed by atoms with Crippen molar-refractivity contribution in [3.05, 3.63) is 89.0 Å². The molecule has 0 aliphatic carbocycles. The van der Waals surface area contributed by atoms with Crippen molar-refractivity contribution in [2.24, 2.45) is 5.92 Å². The Bertz CT molecular complexity index is 3140. The number of esters is 3. The number of ether oxygens (including phenoxy) is 13. The Morgan fingerprint density at radius 3 is 1.68 bits per heavy atom. The van der Waals surface area contributed by atoms with Crippen molar-refractivity contribution in [2.45, 2.75) is 135 Å². The van der Waals surface area contributed by atoms with Crippen molar-refractivity contribution < 1.29 is 110 Å². The minimum atomic E-state index is -1.61. The van der Waals surface area contributed by atoms with Crippen molar-refractivity contribution >= 4 is 59.1 Å². The van der Waals surface area contributed by atoms with Crippen molar-refractivity contribution in [1.82, 2.24) is 9.80 Å². The largest absolute Gasteiger partial charge is 0.493 e. The quantitative estimate of drug-likeness (QED) is 0.0161. The van der Waals surface area contributed by atoms with E-state index >= 15 is 0 Å². The zero-order chi connectivity index (χ0) is 67.4. The number of aliphatic hydroxyl groups is 2. The van der Waals surface area contributed by atoms with Gasteiger partial charge in [0.25, 0.3) is 11.8 Å². The van der Waals surface area contributed by atoms with E-state index < -0.39 is 103 Å². The van der Waals surface area contributed by atoms with Crippen LogP contribution >= 0.6 is 0 Å². The van der Waals surface area contributed by atoms with Gasteiger partial charge in [0.05, 0.1) is 107 Å². The fourth-order valence-electron chi connectivity index (χ4n) is 10.5.